The Morgan fingerprint density at radius 2 is 1.87 bits per heavy atom. The zero-order valence-corrected chi connectivity index (χ0v) is 17.8. The summed E-state index contributed by atoms with van der Waals surface area (Å²) in [6.45, 7) is 3.52. The first-order valence-electron chi connectivity index (χ1n) is 10.8. The molecule has 160 valence electrons. The topological polar surface area (TPSA) is 78.1 Å². The molecule has 0 radical (unpaired) electrons. The number of amides is 2. The van der Waals surface area contributed by atoms with E-state index < -0.39 is 5.41 Å². The van der Waals surface area contributed by atoms with E-state index >= 15 is 0 Å². The minimum absolute atomic E-state index is 0.0139. The molecule has 2 heterocycles. The molecule has 3 aromatic rings. The number of benzene rings is 2. The van der Waals surface area contributed by atoms with Gasteiger partial charge >= 0.3 is 0 Å². The van der Waals surface area contributed by atoms with E-state index in [1.807, 2.05) is 37.3 Å². The Morgan fingerprint density at radius 1 is 1.10 bits per heavy atom. The minimum Gasteiger partial charge on any atom is -0.356 e. The number of hydrogen-bond donors (Lipinski definition) is 2. The van der Waals surface area contributed by atoms with E-state index in [-0.39, 0.29) is 11.8 Å². The lowest BCUT2D eigenvalue weighted by molar-refractivity contribution is -0.133. The van der Waals surface area contributed by atoms with Crippen molar-refractivity contribution < 1.29 is 9.59 Å². The molecule has 31 heavy (non-hydrogen) atoms. The van der Waals surface area contributed by atoms with Crippen LogP contribution in [0, 0.1) is 5.41 Å². The zero-order valence-electron chi connectivity index (χ0n) is 17.8. The number of H-pyrrole nitrogens is 1. The Morgan fingerprint density at radius 3 is 2.61 bits per heavy atom. The van der Waals surface area contributed by atoms with E-state index in [9.17, 15) is 9.59 Å². The normalized spacial score (nSPS) is 18.5. The molecule has 2 aromatic carbocycles. The van der Waals surface area contributed by atoms with Gasteiger partial charge in [0.15, 0.2) is 0 Å². The molecular formula is C25H28N4O2. The molecule has 1 atom stereocenters. The summed E-state index contributed by atoms with van der Waals surface area (Å²) in [5.74, 6) is -0.0952. The summed E-state index contributed by atoms with van der Waals surface area (Å²) < 4.78 is 0. The maximum atomic E-state index is 13.4. The number of piperidine rings is 1. The van der Waals surface area contributed by atoms with Crippen molar-refractivity contribution in [1.82, 2.24) is 20.4 Å². The van der Waals surface area contributed by atoms with Gasteiger partial charge in [0.2, 0.25) is 5.91 Å². The SMILES string of the molecule is CCNC(=O)[C@@]1(Cc2ccccc2-c2ccccc2)CCCN(C(=O)c2ccn[nH]2)C1. The lowest BCUT2D eigenvalue weighted by atomic mass is 9.73. The Bertz CT molecular complexity index is 1030. The minimum atomic E-state index is -0.672. The van der Waals surface area contributed by atoms with Crippen LogP contribution >= 0.6 is 0 Å². The molecule has 1 fully saturated rings. The average molecular weight is 417 g/mol. The van der Waals surface area contributed by atoms with Crippen molar-refractivity contribution in [1.29, 1.82) is 0 Å². The van der Waals surface area contributed by atoms with Crippen LogP contribution in [0.5, 0.6) is 0 Å². The van der Waals surface area contributed by atoms with Crippen LogP contribution < -0.4 is 5.32 Å². The second kappa shape index (κ2) is 9.16. The lowest BCUT2D eigenvalue weighted by Gasteiger charge is -2.42. The first-order chi connectivity index (χ1) is 15.1. The van der Waals surface area contributed by atoms with Crippen LogP contribution in [0.3, 0.4) is 0 Å². The maximum Gasteiger partial charge on any atom is 0.271 e. The van der Waals surface area contributed by atoms with Crippen molar-refractivity contribution in [2.45, 2.75) is 26.2 Å². The van der Waals surface area contributed by atoms with Crippen molar-refractivity contribution in [3.8, 4) is 11.1 Å². The number of likely N-dealkylation sites (tertiary alicyclic amines) is 1. The second-order valence-electron chi connectivity index (χ2n) is 8.14. The molecule has 0 bridgehead atoms. The number of nitrogens with one attached hydrogen (secondary N) is 2. The van der Waals surface area contributed by atoms with Crippen LogP contribution in [0.4, 0.5) is 0 Å². The van der Waals surface area contributed by atoms with Gasteiger partial charge in [-0.15, -0.1) is 0 Å². The molecule has 0 spiro atoms. The van der Waals surface area contributed by atoms with Gasteiger partial charge in [-0.3, -0.25) is 14.7 Å². The predicted molar refractivity (Wildman–Crippen MR) is 120 cm³/mol. The van der Waals surface area contributed by atoms with E-state index in [0.29, 0.717) is 31.7 Å². The molecule has 6 heteroatoms. The van der Waals surface area contributed by atoms with Gasteiger partial charge in [0.05, 0.1) is 5.41 Å². The third-order valence-electron chi connectivity index (χ3n) is 6.05. The van der Waals surface area contributed by atoms with Gasteiger partial charge in [-0.1, -0.05) is 54.6 Å². The fourth-order valence-electron chi connectivity index (χ4n) is 4.55. The highest BCUT2D eigenvalue weighted by Gasteiger charge is 2.44. The summed E-state index contributed by atoms with van der Waals surface area (Å²) >= 11 is 0. The van der Waals surface area contributed by atoms with Gasteiger partial charge in [-0.2, -0.15) is 5.10 Å². The number of aromatic nitrogens is 2. The fraction of sp³-hybridized carbons (Fsp3) is 0.320. The van der Waals surface area contributed by atoms with E-state index in [1.54, 1.807) is 17.2 Å². The summed E-state index contributed by atoms with van der Waals surface area (Å²) in [4.78, 5) is 28.1. The van der Waals surface area contributed by atoms with Crippen molar-refractivity contribution in [3.63, 3.8) is 0 Å². The van der Waals surface area contributed by atoms with E-state index in [1.165, 1.54) is 0 Å². The highest BCUT2D eigenvalue weighted by Crippen LogP contribution is 2.37. The molecule has 1 aromatic heterocycles. The van der Waals surface area contributed by atoms with Gasteiger partial charge in [0.25, 0.3) is 5.91 Å². The fourth-order valence-corrected chi connectivity index (χ4v) is 4.55. The van der Waals surface area contributed by atoms with Crippen molar-refractivity contribution in [2.75, 3.05) is 19.6 Å². The molecule has 4 rings (SSSR count). The van der Waals surface area contributed by atoms with Gasteiger partial charge in [0.1, 0.15) is 5.69 Å². The third kappa shape index (κ3) is 4.38. The highest BCUT2D eigenvalue weighted by atomic mass is 16.2. The Hall–Kier alpha value is -3.41. The van der Waals surface area contributed by atoms with Crippen LogP contribution in [0.25, 0.3) is 11.1 Å². The molecule has 0 aliphatic carbocycles. The summed E-state index contributed by atoms with van der Waals surface area (Å²) in [6.07, 6.45) is 3.68. The van der Waals surface area contributed by atoms with E-state index in [2.05, 4.69) is 39.8 Å². The molecule has 0 unspecified atom stereocenters. The predicted octanol–water partition coefficient (Wildman–Crippen LogP) is 3.68. The molecule has 0 saturated carbocycles. The number of carbonyl (C=O) groups excluding carboxylic acids is 2. The molecule has 1 aliphatic heterocycles. The van der Waals surface area contributed by atoms with Gasteiger partial charge in [0, 0.05) is 25.8 Å². The lowest BCUT2D eigenvalue weighted by Crippen LogP contribution is -2.54. The second-order valence-corrected chi connectivity index (χ2v) is 8.14. The molecule has 2 amide bonds. The first-order valence-corrected chi connectivity index (χ1v) is 10.8. The van der Waals surface area contributed by atoms with Crippen molar-refractivity contribution in [3.05, 3.63) is 78.1 Å². The van der Waals surface area contributed by atoms with Crippen LogP contribution in [0.15, 0.2) is 66.9 Å². The third-order valence-corrected chi connectivity index (χ3v) is 6.05. The summed E-state index contributed by atoms with van der Waals surface area (Å²) in [5, 5.41) is 9.69. The van der Waals surface area contributed by atoms with Crippen molar-refractivity contribution in [2.24, 2.45) is 5.41 Å². The van der Waals surface area contributed by atoms with Crippen LogP contribution in [0.2, 0.25) is 0 Å². The smallest absolute Gasteiger partial charge is 0.271 e. The first kappa shape index (κ1) is 20.8. The van der Waals surface area contributed by atoms with Gasteiger partial charge in [-0.25, -0.2) is 0 Å². The van der Waals surface area contributed by atoms with Crippen LogP contribution in [-0.2, 0) is 11.2 Å². The number of rotatable bonds is 6. The Balaban J connectivity index is 1.68. The number of aromatic amines is 1. The van der Waals surface area contributed by atoms with E-state index in [4.69, 9.17) is 0 Å². The molecular weight excluding hydrogens is 388 g/mol. The molecule has 1 saturated heterocycles. The Kier molecular flexibility index (Phi) is 6.16. The maximum absolute atomic E-state index is 13.4. The van der Waals surface area contributed by atoms with Gasteiger partial charge < -0.3 is 10.2 Å². The zero-order chi connectivity index (χ0) is 21.7. The number of carbonyl (C=O) groups is 2. The monoisotopic (exact) mass is 416 g/mol. The Labute approximate surface area is 182 Å². The van der Waals surface area contributed by atoms with Crippen molar-refractivity contribution >= 4 is 11.8 Å². The summed E-state index contributed by atoms with van der Waals surface area (Å²) in [6, 6.07) is 20.2. The highest BCUT2D eigenvalue weighted by molar-refractivity contribution is 5.93. The summed E-state index contributed by atoms with van der Waals surface area (Å²) in [5.41, 5.74) is 3.16. The summed E-state index contributed by atoms with van der Waals surface area (Å²) in [7, 11) is 0. The molecule has 2 N–H and O–H groups in total. The van der Waals surface area contributed by atoms with Crippen LogP contribution in [0.1, 0.15) is 35.8 Å². The standard InChI is InChI=1S/C25H28N4O2/c1-2-26-24(31)25(14-8-16-29(18-25)23(30)22-13-15-27-28-22)17-20-11-6-7-12-21(20)19-9-4-3-5-10-19/h3-7,9-13,15H,2,8,14,16-18H2,1H3,(H,26,31)(H,27,28)/t25-/m1/s1. The average Bonchev–Trinajstić information content (AvgIpc) is 3.35. The quantitative estimate of drug-likeness (QED) is 0.643. The number of nitrogens with zero attached hydrogens (tertiary/aromatic N) is 2. The largest absolute Gasteiger partial charge is 0.356 e. The van der Waals surface area contributed by atoms with Gasteiger partial charge in [-0.05, 0) is 48.9 Å². The molecule has 1 aliphatic rings. The molecule has 6 nitrogen and oxygen atoms in total. The number of hydrogen-bond acceptors (Lipinski definition) is 3. The van der Waals surface area contributed by atoms with Crippen LogP contribution in [-0.4, -0.2) is 46.5 Å². The van der Waals surface area contributed by atoms with E-state index in [0.717, 1.165) is 29.5 Å².